The monoisotopic (exact) mass is 421 g/mol. The number of thioether (sulfide) groups is 1. The number of rotatable bonds is 5. The zero-order valence-electron chi connectivity index (χ0n) is 16.0. The van der Waals surface area contributed by atoms with Gasteiger partial charge in [0.15, 0.2) is 15.8 Å². The summed E-state index contributed by atoms with van der Waals surface area (Å²) in [5, 5.41) is 2.06. The van der Waals surface area contributed by atoms with Gasteiger partial charge in [-0.05, 0) is 42.1 Å². The minimum atomic E-state index is -0.121. The molecule has 1 aliphatic heterocycles. The Balaban J connectivity index is 1.70. The lowest BCUT2D eigenvalue weighted by Crippen LogP contribution is -2.27. The normalized spacial score (nSPS) is 15.4. The van der Waals surface area contributed by atoms with Crippen LogP contribution in [0.1, 0.15) is 12.5 Å². The summed E-state index contributed by atoms with van der Waals surface area (Å²) in [5.41, 5.74) is 1.65. The number of amides is 1. The molecule has 4 nitrogen and oxygen atoms in total. The third-order valence-electron chi connectivity index (χ3n) is 4.59. The van der Waals surface area contributed by atoms with Crippen molar-refractivity contribution in [3.8, 4) is 11.5 Å². The number of benzene rings is 3. The summed E-state index contributed by atoms with van der Waals surface area (Å²) in [6, 6.07) is 19.5. The first kappa shape index (κ1) is 19.5. The van der Waals surface area contributed by atoms with Crippen LogP contribution in [0.25, 0.3) is 16.8 Å². The van der Waals surface area contributed by atoms with Crippen molar-refractivity contribution in [1.29, 1.82) is 0 Å². The summed E-state index contributed by atoms with van der Waals surface area (Å²) in [4.78, 5) is 15.4. The quantitative estimate of drug-likeness (QED) is 0.393. The molecule has 0 aliphatic carbocycles. The number of methoxy groups -OCH3 is 1. The van der Waals surface area contributed by atoms with Crippen molar-refractivity contribution >= 4 is 56.7 Å². The van der Waals surface area contributed by atoms with E-state index in [1.54, 1.807) is 12.0 Å². The number of hydrogen-bond donors (Lipinski definition) is 0. The van der Waals surface area contributed by atoms with E-state index >= 15 is 0 Å². The smallest absolute Gasteiger partial charge is 0.270 e. The van der Waals surface area contributed by atoms with E-state index in [2.05, 4.69) is 0 Å². The summed E-state index contributed by atoms with van der Waals surface area (Å²) < 4.78 is 11.5. The van der Waals surface area contributed by atoms with Crippen molar-refractivity contribution in [2.45, 2.75) is 6.92 Å². The molecule has 3 aromatic carbocycles. The largest absolute Gasteiger partial charge is 0.493 e. The van der Waals surface area contributed by atoms with Crippen molar-refractivity contribution in [1.82, 2.24) is 0 Å². The van der Waals surface area contributed by atoms with Gasteiger partial charge in [-0.15, -0.1) is 0 Å². The molecule has 0 atom stereocenters. The molecule has 1 saturated heterocycles. The molecule has 4 rings (SSSR count). The van der Waals surface area contributed by atoms with E-state index in [0.717, 1.165) is 22.0 Å². The van der Waals surface area contributed by atoms with Gasteiger partial charge >= 0.3 is 0 Å². The predicted octanol–water partition coefficient (Wildman–Crippen LogP) is 5.65. The zero-order chi connectivity index (χ0) is 20.4. The molecule has 0 N–H and O–H groups in total. The van der Waals surface area contributed by atoms with Gasteiger partial charge < -0.3 is 9.47 Å². The molecule has 0 radical (unpaired) electrons. The molecule has 0 bridgehead atoms. The minimum Gasteiger partial charge on any atom is -0.493 e. The van der Waals surface area contributed by atoms with Gasteiger partial charge in [-0.25, -0.2) is 0 Å². The van der Waals surface area contributed by atoms with Crippen molar-refractivity contribution in [3.63, 3.8) is 0 Å². The summed E-state index contributed by atoms with van der Waals surface area (Å²) in [5.74, 6) is 1.18. The molecule has 6 heteroatoms. The fourth-order valence-electron chi connectivity index (χ4n) is 3.28. The molecular weight excluding hydrogens is 402 g/mol. The summed E-state index contributed by atoms with van der Waals surface area (Å²) in [6.07, 6.45) is 1.84. The molecule has 1 fully saturated rings. The van der Waals surface area contributed by atoms with Gasteiger partial charge in [0.25, 0.3) is 5.91 Å². The number of carbonyl (C=O) groups excluding carboxylic acids is 1. The molecule has 1 aliphatic rings. The van der Waals surface area contributed by atoms with Crippen LogP contribution >= 0.6 is 24.0 Å². The average Bonchev–Trinajstić information content (AvgIpc) is 3.01. The molecular formula is C23H19NO3S2. The maximum absolute atomic E-state index is 13.2. The number of thiocarbonyl (C=S) groups is 1. The highest BCUT2D eigenvalue weighted by Crippen LogP contribution is 2.39. The van der Waals surface area contributed by atoms with E-state index in [9.17, 15) is 4.79 Å². The molecule has 1 amide bonds. The highest BCUT2D eigenvalue weighted by Gasteiger charge is 2.34. The number of carbonyl (C=O) groups is 1. The Kier molecular flexibility index (Phi) is 5.56. The van der Waals surface area contributed by atoms with Crippen LogP contribution in [0, 0.1) is 0 Å². The van der Waals surface area contributed by atoms with E-state index < -0.39 is 0 Å². The fourth-order valence-corrected chi connectivity index (χ4v) is 4.56. The second kappa shape index (κ2) is 8.27. The summed E-state index contributed by atoms with van der Waals surface area (Å²) in [7, 11) is 1.60. The molecule has 0 saturated carbocycles. The standard InChI is InChI=1S/C23H19NO3S2/c1-3-27-19-12-11-15(13-20(19)26-2)14-21-22(25)24(23(28)29-21)18-10-6-8-16-7-4-5-9-17(16)18/h4-14H,3H2,1-2H3/b21-14-. The lowest BCUT2D eigenvalue weighted by molar-refractivity contribution is -0.113. The first-order chi connectivity index (χ1) is 14.1. The number of hydrogen-bond acceptors (Lipinski definition) is 5. The van der Waals surface area contributed by atoms with Crippen molar-refractivity contribution in [2.75, 3.05) is 18.6 Å². The van der Waals surface area contributed by atoms with Gasteiger partial charge in [0, 0.05) is 5.39 Å². The van der Waals surface area contributed by atoms with Crippen LogP contribution < -0.4 is 14.4 Å². The van der Waals surface area contributed by atoms with Gasteiger partial charge in [-0.3, -0.25) is 9.69 Å². The zero-order valence-corrected chi connectivity index (χ0v) is 17.7. The minimum absolute atomic E-state index is 0.121. The molecule has 29 heavy (non-hydrogen) atoms. The van der Waals surface area contributed by atoms with E-state index in [1.807, 2.05) is 73.7 Å². The van der Waals surface area contributed by atoms with E-state index in [4.69, 9.17) is 21.7 Å². The van der Waals surface area contributed by atoms with Crippen LogP contribution in [0.15, 0.2) is 65.6 Å². The van der Waals surface area contributed by atoms with Crippen LogP contribution in [0.2, 0.25) is 0 Å². The molecule has 1 heterocycles. The Hall–Kier alpha value is -2.83. The Morgan fingerprint density at radius 2 is 1.86 bits per heavy atom. The fraction of sp³-hybridized carbons (Fsp3) is 0.130. The van der Waals surface area contributed by atoms with Crippen LogP contribution in [-0.4, -0.2) is 23.9 Å². The second-order valence-corrected chi connectivity index (χ2v) is 8.03. The number of anilines is 1. The van der Waals surface area contributed by atoms with E-state index in [-0.39, 0.29) is 5.91 Å². The van der Waals surface area contributed by atoms with Gasteiger partial charge in [-0.2, -0.15) is 0 Å². The SMILES string of the molecule is CCOc1ccc(/C=C2\SC(=S)N(c3cccc4ccccc34)C2=O)cc1OC. The van der Waals surface area contributed by atoms with E-state index in [0.29, 0.717) is 27.3 Å². The lowest BCUT2D eigenvalue weighted by Gasteiger charge is -2.17. The van der Waals surface area contributed by atoms with Gasteiger partial charge in [0.1, 0.15) is 0 Å². The maximum Gasteiger partial charge on any atom is 0.270 e. The van der Waals surface area contributed by atoms with Gasteiger partial charge in [0.05, 0.1) is 24.3 Å². The Labute approximate surface area is 179 Å². The summed E-state index contributed by atoms with van der Waals surface area (Å²) >= 11 is 6.85. The Bertz CT molecular complexity index is 1130. The lowest BCUT2D eigenvalue weighted by atomic mass is 10.1. The van der Waals surface area contributed by atoms with E-state index in [1.165, 1.54) is 11.8 Å². The maximum atomic E-state index is 13.2. The van der Waals surface area contributed by atoms with Gasteiger partial charge in [0.2, 0.25) is 0 Å². The Morgan fingerprint density at radius 1 is 1.07 bits per heavy atom. The Morgan fingerprint density at radius 3 is 2.66 bits per heavy atom. The van der Waals surface area contributed by atoms with Gasteiger partial charge in [-0.1, -0.05) is 66.4 Å². The molecule has 146 valence electrons. The third kappa shape index (κ3) is 3.73. The van der Waals surface area contributed by atoms with Crippen molar-refractivity contribution in [2.24, 2.45) is 0 Å². The third-order valence-corrected chi connectivity index (χ3v) is 5.89. The van der Waals surface area contributed by atoms with Crippen LogP contribution in [-0.2, 0) is 4.79 Å². The highest BCUT2D eigenvalue weighted by atomic mass is 32.2. The number of fused-ring (bicyclic) bond motifs is 1. The molecule has 0 spiro atoms. The average molecular weight is 422 g/mol. The van der Waals surface area contributed by atoms with Crippen molar-refractivity contribution < 1.29 is 14.3 Å². The molecule has 0 unspecified atom stereocenters. The second-order valence-electron chi connectivity index (χ2n) is 6.36. The molecule has 0 aromatic heterocycles. The van der Waals surface area contributed by atoms with Crippen LogP contribution in [0.3, 0.4) is 0 Å². The predicted molar refractivity (Wildman–Crippen MR) is 124 cm³/mol. The highest BCUT2D eigenvalue weighted by molar-refractivity contribution is 8.27. The van der Waals surface area contributed by atoms with Crippen LogP contribution in [0.5, 0.6) is 11.5 Å². The van der Waals surface area contributed by atoms with Crippen LogP contribution in [0.4, 0.5) is 5.69 Å². The number of nitrogens with zero attached hydrogens (tertiary/aromatic N) is 1. The molecule has 3 aromatic rings. The van der Waals surface area contributed by atoms with Crippen molar-refractivity contribution in [3.05, 3.63) is 71.1 Å². The topological polar surface area (TPSA) is 38.8 Å². The first-order valence-electron chi connectivity index (χ1n) is 9.19. The summed E-state index contributed by atoms with van der Waals surface area (Å²) in [6.45, 7) is 2.48. The first-order valence-corrected chi connectivity index (χ1v) is 10.4. The number of ether oxygens (including phenoxy) is 2.